The first-order valence-corrected chi connectivity index (χ1v) is 6.93. The van der Waals surface area contributed by atoms with Crippen molar-refractivity contribution in [3.63, 3.8) is 0 Å². The second kappa shape index (κ2) is 5.10. The van der Waals surface area contributed by atoms with Crippen LogP contribution in [0.5, 0.6) is 0 Å². The number of amides is 1. The number of carboxylic acid groups (broad SMARTS) is 1. The molecule has 0 heterocycles. The van der Waals surface area contributed by atoms with E-state index < -0.39 is 34.1 Å². The zero-order valence-electron chi connectivity index (χ0n) is 11.3. The summed E-state index contributed by atoms with van der Waals surface area (Å²) < 4.78 is 0.246. The molecule has 8 heteroatoms. The van der Waals surface area contributed by atoms with Gasteiger partial charge in [0.15, 0.2) is 0 Å². The lowest BCUT2D eigenvalue weighted by molar-refractivity contribution is -0.385. The van der Waals surface area contributed by atoms with Gasteiger partial charge in [-0.2, -0.15) is 0 Å². The monoisotopic (exact) mass is 356 g/mol. The minimum atomic E-state index is -0.995. The number of carbonyl (C=O) groups is 2. The molecule has 1 aromatic rings. The molecule has 1 saturated carbocycles. The van der Waals surface area contributed by atoms with E-state index in [0.29, 0.717) is 5.69 Å². The highest BCUT2D eigenvalue weighted by atomic mass is 79.9. The van der Waals surface area contributed by atoms with Gasteiger partial charge in [0.25, 0.3) is 5.69 Å². The molecule has 2 N–H and O–H groups in total. The lowest BCUT2D eigenvalue weighted by Crippen LogP contribution is -2.17. The van der Waals surface area contributed by atoms with Crippen molar-refractivity contribution in [1.82, 2.24) is 0 Å². The standard InChI is InChI=1S/C13H13BrN2O5/c1-13(2)9(10(13)12(18)19)11(17)15-6-3-4-8(16(20)21)7(14)5-6/h3-5,9-10H,1-2H3,(H,15,17)(H,18,19). The SMILES string of the molecule is CC1(C)C(C(=O)O)C1C(=O)Nc1ccc([N+](=O)[O-])c(Br)c1. The van der Waals surface area contributed by atoms with Crippen molar-refractivity contribution in [1.29, 1.82) is 0 Å². The van der Waals surface area contributed by atoms with Crippen LogP contribution < -0.4 is 5.32 Å². The number of halogens is 1. The number of hydrogen-bond acceptors (Lipinski definition) is 4. The smallest absolute Gasteiger partial charge is 0.307 e. The van der Waals surface area contributed by atoms with E-state index in [9.17, 15) is 19.7 Å². The first-order valence-electron chi connectivity index (χ1n) is 6.14. The lowest BCUT2D eigenvalue weighted by atomic mass is 10.1. The highest BCUT2D eigenvalue weighted by Gasteiger charge is 2.65. The second-order valence-electron chi connectivity index (χ2n) is 5.53. The first kappa shape index (κ1) is 15.4. The van der Waals surface area contributed by atoms with E-state index in [4.69, 9.17) is 5.11 Å². The van der Waals surface area contributed by atoms with Crippen LogP contribution in [-0.4, -0.2) is 21.9 Å². The largest absolute Gasteiger partial charge is 0.481 e. The van der Waals surface area contributed by atoms with Gasteiger partial charge in [0, 0.05) is 11.8 Å². The summed E-state index contributed by atoms with van der Waals surface area (Å²) in [7, 11) is 0. The fourth-order valence-corrected chi connectivity index (χ4v) is 3.06. The van der Waals surface area contributed by atoms with Crippen molar-refractivity contribution in [2.75, 3.05) is 5.32 Å². The number of nitrogens with one attached hydrogen (secondary N) is 1. The molecule has 0 radical (unpaired) electrons. The molecule has 0 aliphatic heterocycles. The summed E-state index contributed by atoms with van der Waals surface area (Å²) in [6.45, 7) is 3.45. The highest BCUT2D eigenvalue weighted by molar-refractivity contribution is 9.10. The minimum Gasteiger partial charge on any atom is -0.481 e. The Balaban J connectivity index is 2.13. The van der Waals surface area contributed by atoms with E-state index in [1.165, 1.54) is 18.2 Å². The number of carboxylic acids is 1. The van der Waals surface area contributed by atoms with E-state index in [1.54, 1.807) is 13.8 Å². The third kappa shape index (κ3) is 2.76. The molecule has 1 fully saturated rings. The summed E-state index contributed by atoms with van der Waals surface area (Å²) in [5, 5.41) is 22.3. The quantitative estimate of drug-likeness (QED) is 0.636. The fourth-order valence-electron chi connectivity index (χ4n) is 2.54. The molecule has 0 bridgehead atoms. The van der Waals surface area contributed by atoms with Crippen molar-refractivity contribution in [2.24, 2.45) is 17.3 Å². The minimum absolute atomic E-state index is 0.108. The van der Waals surface area contributed by atoms with Crippen molar-refractivity contribution < 1.29 is 19.6 Å². The molecule has 2 rings (SSSR count). The van der Waals surface area contributed by atoms with Gasteiger partial charge in [0.1, 0.15) is 0 Å². The zero-order valence-corrected chi connectivity index (χ0v) is 12.9. The fraction of sp³-hybridized carbons (Fsp3) is 0.385. The van der Waals surface area contributed by atoms with Crippen LogP contribution in [0, 0.1) is 27.4 Å². The summed E-state index contributed by atoms with van der Waals surface area (Å²) in [5.74, 6) is -2.71. The Hall–Kier alpha value is -1.96. The van der Waals surface area contributed by atoms with Gasteiger partial charge in [0.2, 0.25) is 5.91 Å². The Morgan fingerprint density at radius 1 is 1.38 bits per heavy atom. The molecule has 0 spiro atoms. The number of aliphatic carboxylic acids is 1. The van der Waals surface area contributed by atoms with E-state index in [-0.39, 0.29) is 10.2 Å². The number of nitro groups is 1. The van der Waals surface area contributed by atoms with Gasteiger partial charge in [0.05, 0.1) is 21.2 Å². The maximum absolute atomic E-state index is 12.1. The summed E-state index contributed by atoms with van der Waals surface area (Å²) in [6.07, 6.45) is 0. The van der Waals surface area contributed by atoms with Gasteiger partial charge >= 0.3 is 5.97 Å². The highest BCUT2D eigenvalue weighted by Crippen LogP contribution is 2.58. The number of carbonyl (C=O) groups excluding carboxylic acids is 1. The topological polar surface area (TPSA) is 110 Å². The van der Waals surface area contributed by atoms with Crippen LogP contribution in [0.2, 0.25) is 0 Å². The average Bonchev–Trinajstić information content (AvgIpc) is 2.92. The average molecular weight is 357 g/mol. The molecule has 1 aliphatic carbocycles. The van der Waals surface area contributed by atoms with Gasteiger partial charge < -0.3 is 10.4 Å². The van der Waals surface area contributed by atoms with Crippen LogP contribution in [0.25, 0.3) is 0 Å². The van der Waals surface area contributed by atoms with Gasteiger partial charge in [-0.15, -0.1) is 0 Å². The summed E-state index contributed by atoms with van der Waals surface area (Å²) >= 11 is 3.06. The number of rotatable bonds is 4. The van der Waals surface area contributed by atoms with Gasteiger partial charge in [-0.05, 0) is 33.5 Å². The van der Waals surface area contributed by atoms with E-state index in [0.717, 1.165) is 0 Å². The molecule has 7 nitrogen and oxygen atoms in total. The van der Waals surface area contributed by atoms with Crippen molar-refractivity contribution >= 4 is 39.2 Å². The number of benzene rings is 1. The van der Waals surface area contributed by atoms with E-state index in [2.05, 4.69) is 21.2 Å². The van der Waals surface area contributed by atoms with Crippen LogP contribution in [-0.2, 0) is 9.59 Å². The predicted octanol–water partition coefficient (Wildman–Crippen LogP) is 2.65. The lowest BCUT2D eigenvalue weighted by Gasteiger charge is -2.06. The molecule has 112 valence electrons. The van der Waals surface area contributed by atoms with Gasteiger partial charge in [-0.1, -0.05) is 13.8 Å². The Bertz CT molecular complexity index is 643. The van der Waals surface area contributed by atoms with Crippen LogP contribution in [0.4, 0.5) is 11.4 Å². The molecule has 0 saturated heterocycles. The Kier molecular flexibility index (Phi) is 3.75. The van der Waals surface area contributed by atoms with Crippen molar-refractivity contribution in [2.45, 2.75) is 13.8 Å². The normalized spacial score (nSPS) is 22.4. The van der Waals surface area contributed by atoms with Crippen LogP contribution >= 0.6 is 15.9 Å². The number of nitrogens with zero attached hydrogens (tertiary/aromatic N) is 1. The molecule has 1 aliphatic rings. The second-order valence-corrected chi connectivity index (χ2v) is 6.38. The van der Waals surface area contributed by atoms with Gasteiger partial charge in [-0.25, -0.2) is 0 Å². The first-order chi connectivity index (χ1) is 9.66. The molecule has 2 atom stereocenters. The number of anilines is 1. The molecule has 1 aromatic carbocycles. The van der Waals surface area contributed by atoms with E-state index in [1.807, 2.05) is 0 Å². The van der Waals surface area contributed by atoms with Crippen LogP contribution in [0.1, 0.15) is 13.8 Å². The molecule has 2 unspecified atom stereocenters. The Morgan fingerprint density at radius 3 is 2.43 bits per heavy atom. The zero-order chi connectivity index (χ0) is 15.9. The maximum atomic E-state index is 12.1. The third-order valence-corrected chi connectivity index (χ3v) is 4.42. The molecule has 1 amide bonds. The summed E-state index contributed by atoms with van der Waals surface area (Å²) in [5.41, 5.74) is -0.319. The Morgan fingerprint density at radius 2 is 2.00 bits per heavy atom. The summed E-state index contributed by atoms with van der Waals surface area (Å²) in [6, 6.07) is 4.10. The van der Waals surface area contributed by atoms with Gasteiger partial charge in [-0.3, -0.25) is 19.7 Å². The van der Waals surface area contributed by atoms with Crippen LogP contribution in [0.15, 0.2) is 22.7 Å². The predicted molar refractivity (Wildman–Crippen MR) is 77.8 cm³/mol. The molecule has 21 heavy (non-hydrogen) atoms. The third-order valence-electron chi connectivity index (χ3n) is 3.79. The molecular weight excluding hydrogens is 344 g/mol. The van der Waals surface area contributed by atoms with Crippen LogP contribution in [0.3, 0.4) is 0 Å². The van der Waals surface area contributed by atoms with Crippen molar-refractivity contribution in [3.05, 3.63) is 32.8 Å². The molecule has 0 aromatic heterocycles. The molecular formula is C13H13BrN2O5. The number of nitro benzene ring substituents is 1. The Labute approximate surface area is 128 Å². The van der Waals surface area contributed by atoms with Crippen molar-refractivity contribution in [3.8, 4) is 0 Å². The number of hydrogen-bond donors (Lipinski definition) is 2. The summed E-state index contributed by atoms with van der Waals surface area (Å²) in [4.78, 5) is 33.3. The van der Waals surface area contributed by atoms with E-state index >= 15 is 0 Å². The maximum Gasteiger partial charge on any atom is 0.307 e.